The number of aromatic nitrogens is 1. The molecule has 93 valence electrons. The molecule has 1 radical (unpaired) electrons. The molecule has 0 saturated heterocycles. The van der Waals surface area contributed by atoms with Crippen LogP contribution in [-0.4, -0.2) is 4.98 Å². The maximum absolute atomic E-state index is 4.36. The van der Waals surface area contributed by atoms with E-state index in [0.29, 0.717) is 5.92 Å². The summed E-state index contributed by atoms with van der Waals surface area (Å²) < 4.78 is 0. The topological polar surface area (TPSA) is 12.9 Å². The van der Waals surface area contributed by atoms with Crippen molar-refractivity contribution in [2.24, 2.45) is 0 Å². The minimum absolute atomic E-state index is 0.265. The van der Waals surface area contributed by atoms with Crippen molar-refractivity contribution in [2.75, 3.05) is 0 Å². The Labute approximate surface area is 110 Å². The molecular weight excluding hydrogens is 218 g/mol. The lowest BCUT2D eigenvalue weighted by molar-refractivity contribution is 0.558. The minimum Gasteiger partial charge on any atom is -0.264 e. The van der Waals surface area contributed by atoms with E-state index >= 15 is 0 Å². The van der Waals surface area contributed by atoms with Crippen LogP contribution < -0.4 is 0 Å². The first-order valence-electron chi connectivity index (χ1n) is 6.61. The number of hydrogen-bond donors (Lipinski definition) is 0. The lowest BCUT2D eigenvalue weighted by Crippen LogP contribution is -2.09. The van der Waals surface area contributed by atoms with Crippen molar-refractivity contribution in [3.8, 4) is 0 Å². The standard InChI is InChI=1S/C17H20N/c1-3-8-17(15-9-5-4-6-10-15)14(2)16-11-7-12-18-13-16/h4-7,9-14,17H,2-3,8H2,1H3. The Bertz CT molecular complexity index is 450. The van der Waals surface area contributed by atoms with Gasteiger partial charge in [-0.05, 0) is 42.4 Å². The average molecular weight is 238 g/mol. The van der Waals surface area contributed by atoms with Crippen LogP contribution >= 0.6 is 0 Å². The van der Waals surface area contributed by atoms with E-state index in [1.807, 2.05) is 18.5 Å². The third kappa shape index (κ3) is 2.98. The van der Waals surface area contributed by atoms with Crippen LogP contribution in [0.3, 0.4) is 0 Å². The van der Waals surface area contributed by atoms with Crippen LogP contribution in [0.25, 0.3) is 0 Å². The second kappa shape index (κ2) is 6.34. The number of hydrogen-bond acceptors (Lipinski definition) is 1. The Morgan fingerprint density at radius 1 is 1.06 bits per heavy atom. The maximum Gasteiger partial charge on any atom is 0.0302 e. The smallest absolute Gasteiger partial charge is 0.0302 e. The van der Waals surface area contributed by atoms with Crippen LogP contribution in [0.2, 0.25) is 0 Å². The van der Waals surface area contributed by atoms with Gasteiger partial charge in [0.2, 0.25) is 0 Å². The highest BCUT2D eigenvalue weighted by Crippen LogP contribution is 2.35. The van der Waals surface area contributed by atoms with Crippen LogP contribution in [0.15, 0.2) is 54.9 Å². The third-order valence-electron chi connectivity index (χ3n) is 3.43. The first-order chi connectivity index (χ1) is 8.83. The van der Waals surface area contributed by atoms with E-state index in [1.165, 1.54) is 17.5 Å². The summed E-state index contributed by atoms with van der Waals surface area (Å²) in [6, 6.07) is 14.8. The van der Waals surface area contributed by atoms with Gasteiger partial charge in [-0.2, -0.15) is 0 Å². The van der Waals surface area contributed by atoms with Gasteiger partial charge in [-0.1, -0.05) is 49.7 Å². The summed E-state index contributed by atoms with van der Waals surface area (Å²) in [5, 5.41) is 0. The van der Waals surface area contributed by atoms with Crippen LogP contribution in [0.4, 0.5) is 0 Å². The molecule has 0 aliphatic rings. The highest BCUT2D eigenvalue weighted by Gasteiger charge is 2.19. The maximum atomic E-state index is 4.36. The molecule has 18 heavy (non-hydrogen) atoms. The summed E-state index contributed by atoms with van der Waals surface area (Å²) in [7, 11) is 0. The zero-order chi connectivity index (χ0) is 12.8. The second-order valence-electron chi connectivity index (χ2n) is 4.70. The van der Waals surface area contributed by atoms with Gasteiger partial charge in [0.25, 0.3) is 0 Å². The Kier molecular flexibility index (Phi) is 4.52. The van der Waals surface area contributed by atoms with Crippen LogP contribution in [0.1, 0.15) is 42.7 Å². The van der Waals surface area contributed by atoms with Crippen molar-refractivity contribution in [1.29, 1.82) is 0 Å². The number of benzene rings is 1. The van der Waals surface area contributed by atoms with E-state index in [-0.39, 0.29) is 5.92 Å². The van der Waals surface area contributed by atoms with Gasteiger partial charge in [0.1, 0.15) is 0 Å². The monoisotopic (exact) mass is 238 g/mol. The Morgan fingerprint density at radius 3 is 2.39 bits per heavy atom. The first kappa shape index (κ1) is 12.8. The van der Waals surface area contributed by atoms with Gasteiger partial charge in [-0.15, -0.1) is 0 Å². The van der Waals surface area contributed by atoms with E-state index in [0.717, 1.165) is 6.42 Å². The molecule has 2 unspecified atom stereocenters. The molecule has 0 spiro atoms. The molecule has 2 rings (SSSR count). The lowest BCUT2D eigenvalue weighted by atomic mass is 9.80. The van der Waals surface area contributed by atoms with Crippen LogP contribution in [-0.2, 0) is 0 Å². The molecule has 0 saturated carbocycles. The quantitative estimate of drug-likeness (QED) is 0.742. The lowest BCUT2D eigenvalue weighted by Gasteiger charge is -2.24. The molecule has 1 nitrogen and oxygen atoms in total. The predicted molar refractivity (Wildman–Crippen MR) is 76.4 cm³/mol. The number of rotatable bonds is 5. The largest absolute Gasteiger partial charge is 0.264 e. The molecular formula is C17H20N. The van der Waals surface area contributed by atoms with Crippen LogP contribution in [0, 0.1) is 6.92 Å². The summed E-state index contributed by atoms with van der Waals surface area (Å²) in [5.74, 6) is 0.737. The molecule has 0 aliphatic heterocycles. The summed E-state index contributed by atoms with van der Waals surface area (Å²) in [4.78, 5) is 4.20. The Hall–Kier alpha value is -1.63. The summed E-state index contributed by atoms with van der Waals surface area (Å²) in [6.07, 6.45) is 6.08. The van der Waals surface area contributed by atoms with E-state index in [1.54, 1.807) is 0 Å². The Morgan fingerprint density at radius 2 is 1.78 bits per heavy atom. The van der Waals surface area contributed by atoms with Gasteiger partial charge in [0, 0.05) is 12.4 Å². The summed E-state index contributed by atoms with van der Waals surface area (Å²) in [6.45, 7) is 6.59. The molecule has 0 aliphatic carbocycles. The summed E-state index contributed by atoms with van der Waals surface area (Å²) in [5.41, 5.74) is 2.60. The fourth-order valence-corrected chi connectivity index (χ4v) is 2.44. The average Bonchev–Trinajstić information content (AvgIpc) is 2.46. The van der Waals surface area contributed by atoms with Gasteiger partial charge in [0.15, 0.2) is 0 Å². The predicted octanol–water partition coefficient (Wildman–Crippen LogP) is 4.58. The molecule has 1 heterocycles. The highest BCUT2D eigenvalue weighted by atomic mass is 14.6. The fourth-order valence-electron chi connectivity index (χ4n) is 2.44. The minimum atomic E-state index is 0.265. The van der Waals surface area contributed by atoms with Crippen molar-refractivity contribution < 1.29 is 0 Å². The second-order valence-corrected chi connectivity index (χ2v) is 4.70. The normalized spacial score (nSPS) is 14.1. The van der Waals surface area contributed by atoms with Crippen molar-refractivity contribution in [3.63, 3.8) is 0 Å². The zero-order valence-corrected chi connectivity index (χ0v) is 10.9. The van der Waals surface area contributed by atoms with Crippen molar-refractivity contribution in [2.45, 2.75) is 31.6 Å². The highest BCUT2D eigenvalue weighted by molar-refractivity contribution is 5.27. The number of nitrogens with zero attached hydrogens (tertiary/aromatic N) is 1. The van der Waals surface area contributed by atoms with Gasteiger partial charge < -0.3 is 0 Å². The van der Waals surface area contributed by atoms with Gasteiger partial charge >= 0.3 is 0 Å². The fraction of sp³-hybridized carbons (Fsp3) is 0.294. The first-order valence-corrected chi connectivity index (χ1v) is 6.61. The van der Waals surface area contributed by atoms with Gasteiger partial charge in [-0.3, -0.25) is 4.98 Å². The molecule has 0 fully saturated rings. The van der Waals surface area contributed by atoms with Crippen molar-refractivity contribution >= 4 is 0 Å². The van der Waals surface area contributed by atoms with Crippen molar-refractivity contribution in [3.05, 3.63) is 72.9 Å². The molecule has 0 N–H and O–H groups in total. The van der Waals surface area contributed by atoms with Crippen LogP contribution in [0.5, 0.6) is 0 Å². The molecule has 2 aromatic rings. The number of pyridine rings is 1. The molecule has 2 atom stereocenters. The van der Waals surface area contributed by atoms with Gasteiger partial charge in [-0.25, -0.2) is 0 Å². The molecule has 0 amide bonds. The molecule has 1 aromatic carbocycles. The molecule has 1 aromatic heterocycles. The SMILES string of the molecule is [CH2]C(c1cccnc1)C(CCC)c1ccccc1. The van der Waals surface area contributed by atoms with E-state index < -0.39 is 0 Å². The van der Waals surface area contributed by atoms with E-state index in [2.05, 4.69) is 55.2 Å². The zero-order valence-electron chi connectivity index (χ0n) is 10.9. The Balaban J connectivity index is 2.26. The van der Waals surface area contributed by atoms with E-state index in [4.69, 9.17) is 0 Å². The third-order valence-corrected chi connectivity index (χ3v) is 3.43. The van der Waals surface area contributed by atoms with E-state index in [9.17, 15) is 0 Å². The molecule has 0 bridgehead atoms. The summed E-state index contributed by atoms with van der Waals surface area (Å²) >= 11 is 0. The van der Waals surface area contributed by atoms with Gasteiger partial charge in [0.05, 0.1) is 0 Å². The molecule has 1 heteroatoms. The van der Waals surface area contributed by atoms with Crippen molar-refractivity contribution in [1.82, 2.24) is 4.98 Å².